The molecule has 1 aromatic rings. The topological polar surface area (TPSA) is 72.8 Å². The zero-order valence-corrected chi connectivity index (χ0v) is 4.89. The minimum absolute atomic E-state index is 0.0185. The Kier molecular flexibility index (Phi) is 1.79. The van der Waals surface area contributed by atoms with Gasteiger partial charge in [-0.1, -0.05) is 0 Å². The minimum atomic E-state index is 0.0185. The molecule has 1 aromatic heterocycles. The number of nitrogens with zero attached hydrogens (tertiary/aromatic N) is 3. The minimum Gasteiger partial charge on any atom is -0.298 e. The maximum Gasteiger partial charge on any atom is 0.171 e. The molecule has 1 heterocycles. The molecule has 0 N–H and O–H groups in total. The summed E-state index contributed by atoms with van der Waals surface area (Å²) < 4.78 is 0. The molecule has 5 heteroatoms. The molecule has 0 radical (unpaired) electrons. The maximum absolute atomic E-state index is 10.1. The molecule has 0 spiro atoms. The highest BCUT2D eigenvalue weighted by Gasteiger charge is 1.99. The number of aldehydes is 2. The Balaban J connectivity index is 3.20. The van der Waals surface area contributed by atoms with Crippen LogP contribution in [0.15, 0.2) is 6.20 Å². The van der Waals surface area contributed by atoms with E-state index in [4.69, 9.17) is 0 Å². The van der Waals surface area contributed by atoms with E-state index in [1.54, 1.807) is 0 Å². The van der Waals surface area contributed by atoms with Gasteiger partial charge in [-0.3, -0.25) is 9.59 Å². The number of carbonyl (C=O) groups is 2. The molecule has 0 fully saturated rings. The van der Waals surface area contributed by atoms with Crippen molar-refractivity contribution in [2.75, 3.05) is 0 Å². The lowest BCUT2D eigenvalue weighted by Crippen LogP contribution is -1.98. The van der Waals surface area contributed by atoms with Crippen molar-refractivity contribution in [1.29, 1.82) is 0 Å². The fraction of sp³-hybridized carbons (Fsp3) is 0. The van der Waals surface area contributed by atoms with E-state index in [9.17, 15) is 9.59 Å². The second-order valence-electron chi connectivity index (χ2n) is 1.51. The van der Waals surface area contributed by atoms with Crippen molar-refractivity contribution in [3.05, 3.63) is 17.5 Å². The molecule has 0 unspecified atom stereocenters. The standard InChI is InChI=1S/C5H3N3O2/c9-2-4-1-6-8-7-5(4)3-10/h1-3H. The van der Waals surface area contributed by atoms with Crippen LogP contribution in [0, 0.1) is 0 Å². The first-order valence-corrected chi connectivity index (χ1v) is 2.47. The zero-order valence-electron chi connectivity index (χ0n) is 4.89. The molecule has 0 saturated carbocycles. The van der Waals surface area contributed by atoms with E-state index in [1.165, 1.54) is 6.20 Å². The molecule has 50 valence electrons. The maximum atomic E-state index is 10.1. The highest BCUT2D eigenvalue weighted by atomic mass is 16.1. The number of hydrogen-bond donors (Lipinski definition) is 0. The summed E-state index contributed by atoms with van der Waals surface area (Å²) in [7, 11) is 0. The molecule has 0 aliphatic rings. The van der Waals surface area contributed by atoms with Crippen molar-refractivity contribution in [2.45, 2.75) is 0 Å². The van der Waals surface area contributed by atoms with Gasteiger partial charge >= 0.3 is 0 Å². The molecule has 0 aliphatic heterocycles. The third-order valence-electron chi connectivity index (χ3n) is 0.935. The summed E-state index contributed by atoms with van der Waals surface area (Å²) in [5.41, 5.74) is 0.176. The van der Waals surface area contributed by atoms with Crippen LogP contribution in [-0.2, 0) is 0 Å². The van der Waals surface area contributed by atoms with Crippen molar-refractivity contribution in [1.82, 2.24) is 15.4 Å². The van der Waals surface area contributed by atoms with Gasteiger partial charge in [0.05, 0.1) is 11.8 Å². The molecule has 0 bridgehead atoms. The predicted molar refractivity (Wildman–Crippen MR) is 30.6 cm³/mol. The second kappa shape index (κ2) is 2.77. The third kappa shape index (κ3) is 1.02. The van der Waals surface area contributed by atoms with Gasteiger partial charge in [-0.2, -0.15) is 0 Å². The van der Waals surface area contributed by atoms with Crippen LogP contribution in [0.4, 0.5) is 0 Å². The van der Waals surface area contributed by atoms with Crippen LogP contribution < -0.4 is 0 Å². The smallest absolute Gasteiger partial charge is 0.171 e. The molecular weight excluding hydrogens is 134 g/mol. The molecule has 5 nitrogen and oxygen atoms in total. The van der Waals surface area contributed by atoms with Crippen LogP contribution >= 0.6 is 0 Å². The SMILES string of the molecule is O=Cc1cnnnc1C=O. The van der Waals surface area contributed by atoms with Crippen LogP contribution in [0.2, 0.25) is 0 Å². The zero-order chi connectivity index (χ0) is 7.40. The fourth-order valence-corrected chi connectivity index (χ4v) is 0.468. The predicted octanol–water partition coefficient (Wildman–Crippen LogP) is -0.503. The summed E-state index contributed by atoms with van der Waals surface area (Å²) in [5.74, 6) is 0. The molecule has 0 aliphatic carbocycles. The van der Waals surface area contributed by atoms with Gasteiger partial charge in [0.25, 0.3) is 0 Å². The molecule has 0 saturated heterocycles. The summed E-state index contributed by atoms with van der Waals surface area (Å²) in [4.78, 5) is 20.2. The second-order valence-corrected chi connectivity index (χ2v) is 1.51. The summed E-state index contributed by atoms with van der Waals surface area (Å²) in [6.45, 7) is 0. The Morgan fingerprint density at radius 2 is 2.10 bits per heavy atom. The van der Waals surface area contributed by atoms with Crippen molar-refractivity contribution in [3.63, 3.8) is 0 Å². The van der Waals surface area contributed by atoms with Crippen molar-refractivity contribution in [3.8, 4) is 0 Å². The van der Waals surface area contributed by atoms with E-state index < -0.39 is 0 Å². The molecular formula is C5H3N3O2. The first-order valence-electron chi connectivity index (χ1n) is 2.47. The average Bonchev–Trinajstić information content (AvgIpc) is 2.04. The number of carbonyl (C=O) groups excluding carboxylic acids is 2. The summed E-state index contributed by atoms with van der Waals surface area (Å²) in [5, 5.41) is 9.79. The van der Waals surface area contributed by atoms with Crippen LogP contribution in [0.3, 0.4) is 0 Å². The molecule has 0 amide bonds. The summed E-state index contributed by atoms with van der Waals surface area (Å²) in [6, 6.07) is 0. The van der Waals surface area contributed by atoms with Crippen molar-refractivity contribution in [2.24, 2.45) is 0 Å². The average molecular weight is 137 g/mol. The van der Waals surface area contributed by atoms with E-state index >= 15 is 0 Å². The van der Waals surface area contributed by atoms with Crippen LogP contribution in [0.5, 0.6) is 0 Å². The van der Waals surface area contributed by atoms with Gasteiger partial charge < -0.3 is 0 Å². The van der Waals surface area contributed by atoms with Gasteiger partial charge in [0, 0.05) is 0 Å². The third-order valence-corrected chi connectivity index (χ3v) is 0.935. The first kappa shape index (κ1) is 6.47. The number of hydrogen-bond acceptors (Lipinski definition) is 5. The lowest BCUT2D eigenvalue weighted by atomic mass is 10.3. The van der Waals surface area contributed by atoms with E-state index in [2.05, 4.69) is 15.4 Å². The summed E-state index contributed by atoms with van der Waals surface area (Å²) in [6.07, 6.45) is 2.15. The van der Waals surface area contributed by atoms with Crippen molar-refractivity contribution >= 4 is 12.6 Å². The van der Waals surface area contributed by atoms with Gasteiger partial charge in [0.15, 0.2) is 12.6 Å². The Labute approximate surface area is 56.1 Å². The monoisotopic (exact) mass is 137 g/mol. The van der Waals surface area contributed by atoms with Gasteiger partial charge in [-0.15, -0.1) is 10.2 Å². The van der Waals surface area contributed by atoms with E-state index in [0.717, 1.165) is 0 Å². The largest absolute Gasteiger partial charge is 0.298 e. The van der Waals surface area contributed by atoms with Crippen LogP contribution in [0.1, 0.15) is 20.8 Å². The van der Waals surface area contributed by atoms with E-state index in [0.29, 0.717) is 12.6 Å². The Bertz CT molecular complexity index is 234. The van der Waals surface area contributed by atoms with Gasteiger partial charge in [-0.05, 0) is 5.21 Å². The highest BCUT2D eigenvalue weighted by molar-refractivity contribution is 5.87. The summed E-state index contributed by atoms with van der Waals surface area (Å²) >= 11 is 0. The lowest BCUT2D eigenvalue weighted by Gasteiger charge is -1.87. The van der Waals surface area contributed by atoms with E-state index in [1.807, 2.05) is 0 Å². The molecule has 1 rings (SSSR count). The normalized spacial score (nSPS) is 8.80. The molecule has 0 aromatic carbocycles. The Morgan fingerprint density at radius 1 is 1.30 bits per heavy atom. The highest BCUT2D eigenvalue weighted by Crippen LogP contribution is 1.92. The van der Waals surface area contributed by atoms with Gasteiger partial charge in [-0.25, -0.2) is 0 Å². The fourth-order valence-electron chi connectivity index (χ4n) is 0.468. The van der Waals surface area contributed by atoms with E-state index in [-0.39, 0.29) is 11.3 Å². The van der Waals surface area contributed by atoms with Crippen molar-refractivity contribution < 1.29 is 9.59 Å². The lowest BCUT2D eigenvalue weighted by molar-refractivity contribution is 0.109. The van der Waals surface area contributed by atoms with Gasteiger partial charge in [0.2, 0.25) is 0 Å². The van der Waals surface area contributed by atoms with Crippen LogP contribution in [0.25, 0.3) is 0 Å². The first-order chi connectivity index (χ1) is 4.88. The quantitative estimate of drug-likeness (QED) is 0.513. The molecule has 0 atom stereocenters. The molecule has 10 heavy (non-hydrogen) atoms. The Hall–Kier alpha value is -1.65. The Morgan fingerprint density at radius 3 is 2.60 bits per heavy atom. The number of aromatic nitrogens is 3. The van der Waals surface area contributed by atoms with Gasteiger partial charge in [0.1, 0.15) is 5.69 Å². The van der Waals surface area contributed by atoms with Crippen LogP contribution in [-0.4, -0.2) is 28.0 Å². The number of rotatable bonds is 2.